The van der Waals surface area contributed by atoms with E-state index in [4.69, 9.17) is 4.42 Å². The third-order valence-corrected chi connectivity index (χ3v) is 5.70. The number of aromatic nitrogens is 1. The van der Waals surface area contributed by atoms with E-state index in [0.29, 0.717) is 28.4 Å². The molecule has 4 rings (SSSR count). The minimum absolute atomic E-state index is 0.0483. The molecule has 180 valence electrons. The second-order valence-corrected chi connectivity index (χ2v) is 8.05. The Morgan fingerprint density at radius 3 is 2.20 bits per heavy atom. The highest BCUT2D eigenvalue weighted by Gasteiger charge is 2.34. The van der Waals surface area contributed by atoms with E-state index < -0.39 is 23.6 Å². The SMILES string of the molecule is Cc1oc(-c2ccc(NC(=O)c3cc(C)n(-c4ccccc4C(F)(F)F)c3C)cc2)cc1C(=O)O. The second-order valence-electron chi connectivity index (χ2n) is 8.05. The van der Waals surface area contributed by atoms with Gasteiger partial charge in [0.15, 0.2) is 0 Å². The van der Waals surface area contributed by atoms with Crippen LogP contribution < -0.4 is 5.32 Å². The Hall–Kier alpha value is -4.27. The first-order chi connectivity index (χ1) is 16.5. The Morgan fingerprint density at radius 1 is 0.943 bits per heavy atom. The lowest BCUT2D eigenvalue weighted by atomic mass is 10.1. The number of rotatable bonds is 5. The Bertz CT molecular complexity index is 1430. The highest BCUT2D eigenvalue weighted by molar-refractivity contribution is 6.05. The van der Waals surface area contributed by atoms with Crippen molar-refractivity contribution in [3.63, 3.8) is 0 Å². The van der Waals surface area contributed by atoms with E-state index in [9.17, 15) is 27.9 Å². The van der Waals surface area contributed by atoms with Gasteiger partial charge in [-0.1, -0.05) is 12.1 Å². The molecule has 2 aromatic carbocycles. The van der Waals surface area contributed by atoms with Crippen molar-refractivity contribution in [2.24, 2.45) is 0 Å². The Morgan fingerprint density at radius 2 is 1.60 bits per heavy atom. The van der Waals surface area contributed by atoms with Gasteiger partial charge in [0, 0.05) is 22.6 Å². The van der Waals surface area contributed by atoms with E-state index in [2.05, 4.69) is 5.32 Å². The van der Waals surface area contributed by atoms with Crippen molar-refractivity contribution >= 4 is 17.6 Å². The fourth-order valence-electron chi connectivity index (χ4n) is 4.02. The topological polar surface area (TPSA) is 84.5 Å². The molecule has 0 saturated heterocycles. The molecular formula is C26H21F3N2O4. The van der Waals surface area contributed by atoms with Crippen LogP contribution in [-0.2, 0) is 6.18 Å². The third kappa shape index (κ3) is 4.57. The van der Waals surface area contributed by atoms with E-state index in [0.717, 1.165) is 6.07 Å². The van der Waals surface area contributed by atoms with Crippen molar-refractivity contribution in [2.45, 2.75) is 26.9 Å². The minimum Gasteiger partial charge on any atom is -0.478 e. The van der Waals surface area contributed by atoms with Crippen molar-refractivity contribution in [3.8, 4) is 17.0 Å². The number of benzene rings is 2. The molecule has 0 aliphatic heterocycles. The smallest absolute Gasteiger partial charge is 0.418 e. The summed E-state index contributed by atoms with van der Waals surface area (Å²) in [4.78, 5) is 24.2. The van der Waals surface area contributed by atoms with Crippen molar-refractivity contribution in [2.75, 3.05) is 5.32 Å². The van der Waals surface area contributed by atoms with E-state index in [1.807, 2.05) is 0 Å². The number of amides is 1. The molecule has 2 aromatic heterocycles. The molecule has 2 N–H and O–H groups in total. The molecule has 0 bridgehead atoms. The van der Waals surface area contributed by atoms with Gasteiger partial charge in [-0.05, 0) is 69.3 Å². The van der Waals surface area contributed by atoms with Crippen LogP contribution in [0.2, 0.25) is 0 Å². The van der Waals surface area contributed by atoms with Crippen molar-refractivity contribution in [1.29, 1.82) is 0 Å². The monoisotopic (exact) mass is 482 g/mol. The summed E-state index contributed by atoms with van der Waals surface area (Å²) in [6.07, 6.45) is -4.54. The quantitative estimate of drug-likeness (QED) is 0.334. The molecular weight excluding hydrogens is 461 g/mol. The van der Waals surface area contributed by atoms with Gasteiger partial charge in [-0.3, -0.25) is 4.79 Å². The van der Waals surface area contributed by atoms with Gasteiger partial charge in [0.25, 0.3) is 5.91 Å². The van der Waals surface area contributed by atoms with Crippen LogP contribution in [0.1, 0.15) is 43.4 Å². The van der Waals surface area contributed by atoms with Gasteiger partial charge in [0.1, 0.15) is 17.1 Å². The van der Waals surface area contributed by atoms with Crippen LogP contribution in [0.15, 0.2) is 65.1 Å². The number of anilines is 1. The molecule has 0 fully saturated rings. The molecule has 0 atom stereocenters. The van der Waals surface area contributed by atoms with Gasteiger partial charge in [-0.15, -0.1) is 0 Å². The molecule has 0 unspecified atom stereocenters. The highest BCUT2D eigenvalue weighted by atomic mass is 19.4. The summed E-state index contributed by atoms with van der Waals surface area (Å²) in [6, 6.07) is 14.8. The van der Waals surface area contributed by atoms with Gasteiger partial charge in [-0.25, -0.2) is 4.79 Å². The number of carbonyl (C=O) groups excluding carboxylic acids is 1. The van der Waals surface area contributed by atoms with Crippen LogP contribution in [0, 0.1) is 20.8 Å². The highest BCUT2D eigenvalue weighted by Crippen LogP contribution is 2.35. The predicted molar refractivity (Wildman–Crippen MR) is 124 cm³/mol. The maximum Gasteiger partial charge on any atom is 0.418 e. The Kier molecular flexibility index (Phi) is 6.02. The summed E-state index contributed by atoms with van der Waals surface area (Å²) in [5.74, 6) is -0.891. The first kappa shape index (κ1) is 23.9. The van der Waals surface area contributed by atoms with E-state index in [1.54, 1.807) is 51.1 Å². The van der Waals surface area contributed by atoms with E-state index >= 15 is 0 Å². The van der Waals surface area contributed by atoms with Crippen LogP contribution in [0.5, 0.6) is 0 Å². The largest absolute Gasteiger partial charge is 0.478 e. The Labute approximate surface area is 198 Å². The lowest BCUT2D eigenvalue weighted by Crippen LogP contribution is -2.14. The van der Waals surface area contributed by atoms with Crippen LogP contribution >= 0.6 is 0 Å². The summed E-state index contributed by atoms with van der Waals surface area (Å²) in [5, 5.41) is 11.9. The molecule has 1 amide bonds. The molecule has 0 aliphatic carbocycles. The van der Waals surface area contributed by atoms with Crippen molar-refractivity contribution < 1.29 is 32.3 Å². The first-order valence-corrected chi connectivity index (χ1v) is 10.6. The zero-order valence-corrected chi connectivity index (χ0v) is 19.0. The average Bonchev–Trinajstić information content (AvgIpc) is 3.33. The summed E-state index contributed by atoms with van der Waals surface area (Å²) in [7, 11) is 0. The van der Waals surface area contributed by atoms with E-state index in [-0.39, 0.29) is 22.6 Å². The first-order valence-electron chi connectivity index (χ1n) is 10.6. The summed E-state index contributed by atoms with van der Waals surface area (Å²) < 4.78 is 47.5. The zero-order valence-electron chi connectivity index (χ0n) is 19.0. The number of hydrogen-bond donors (Lipinski definition) is 2. The molecule has 0 spiro atoms. The number of carbonyl (C=O) groups is 2. The number of para-hydroxylation sites is 1. The molecule has 0 radical (unpaired) electrons. The van der Waals surface area contributed by atoms with Crippen LogP contribution in [0.3, 0.4) is 0 Å². The number of carboxylic acids is 1. The number of furan rings is 1. The van der Waals surface area contributed by atoms with Crippen molar-refractivity contribution in [3.05, 3.63) is 94.5 Å². The normalized spacial score (nSPS) is 11.5. The zero-order chi connectivity index (χ0) is 25.5. The van der Waals surface area contributed by atoms with Gasteiger partial charge in [0.05, 0.1) is 16.8 Å². The van der Waals surface area contributed by atoms with Crippen LogP contribution in [0.4, 0.5) is 18.9 Å². The van der Waals surface area contributed by atoms with E-state index in [1.165, 1.54) is 28.8 Å². The lowest BCUT2D eigenvalue weighted by Gasteiger charge is -2.16. The van der Waals surface area contributed by atoms with Crippen molar-refractivity contribution in [1.82, 2.24) is 4.57 Å². The molecule has 6 nitrogen and oxygen atoms in total. The lowest BCUT2D eigenvalue weighted by molar-refractivity contribution is -0.137. The molecule has 0 aliphatic rings. The number of nitrogens with zero attached hydrogens (tertiary/aromatic N) is 1. The van der Waals surface area contributed by atoms with Gasteiger partial charge in [-0.2, -0.15) is 13.2 Å². The number of alkyl halides is 3. The maximum atomic E-state index is 13.5. The summed E-state index contributed by atoms with van der Waals surface area (Å²) in [5.41, 5.74) is 1.43. The Balaban J connectivity index is 1.59. The predicted octanol–water partition coefficient (Wildman–Crippen LogP) is 6.63. The minimum atomic E-state index is -4.54. The maximum absolute atomic E-state index is 13.5. The fraction of sp³-hybridized carbons (Fsp3) is 0.154. The molecule has 2 heterocycles. The molecule has 9 heteroatoms. The molecule has 4 aromatic rings. The summed E-state index contributed by atoms with van der Waals surface area (Å²) >= 11 is 0. The second kappa shape index (κ2) is 8.83. The standard InChI is InChI=1S/C26H21F3N2O4/c1-14-12-19(15(2)31(14)22-7-5-4-6-21(22)26(27,28)29)24(32)30-18-10-8-17(9-11-18)23-13-20(25(33)34)16(3)35-23/h4-13H,1-3H3,(H,30,32)(H,33,34). The number of halogens is 3. The van der Waals surface area contributed by atoms with Gasteiger partial charge in [0.2, 0.25) is 0 Å². The number of aromatic carboxylic acids is 1. The summed E-state index contributed by atoms with van der Waals surface area (Å²) in [6.45, 7) is 4.80. The van der Waals surface area contributed by atoms with Gasteiger partial charge >= 0.3 is 12.1 Å². The average molecular weight is 482 g/mol. The fourth-order valence-corrected chi connectivity index (χ4v) is 4.02. The van der Waals surface area contributed by atoms with Gasteiger partial charge < -0.3 is 19.4 Å². The number of carboxylic acid groups (broad SMARTS) is 1. The number of aryl methyl sites for hydroxylation is 2. The number of hydrogen-bond acceptors (Lipinski definition) is 3. The van der Waals surface area contributed by atoms with Crippen LogP contribution in [-0.4, -0.2) is 21.6 Å². The molecule has 0 saturated carbocycles. The number of nitrogens with one attached hydrogen (secondary N) is 1. The molecule has 35 heavy (non-hydrogen) atoms. The van der Waals surface area contributed by atoms with Crippen LogP contribution in [0.25, 0.3) is 17.0 Å². The third-order valence-electron chi connectivity index (χ3n) is 5.70.